The predicted octanol–water partition coefficient (Wildman–Crippen LogP) is 3.03. The van der Waals surface area contributed by atoms with Gasteiger partial charge in [0.25, 0.3) is 0 Å². The zero-order valence-corrected chi connectivity index (χ0v) is 11.7. The van der Waals surface area contributed by atoms with Gasteiger partial charge in [-0.05, 0) is 35.4 Å². The molecule has 0 bridgehead atoms. The van der Waals surface area contributed by atoms with E-state index >= 15 is 0 Å². The lowest BCUT2D eigenvalue weighted by molar-refractivity contribution is -0.147. The van der Waals surface area contributed by atoms with Crippen molar-refractivity contribution in [3.8, 4) is 11.5 Å². The van der Waals surface area contributed by atoms with Gasteiger partial charge in [-0.1, -0.05) is 36.9 Å². The number of hydrogen-bond donors (Lipinski definition) is 1. The lowest BCUT2D eigenvalue weighted by Crippen LogP contribution is -2.22. The van der Waals surface area contributed by atoms with Crippen molar-refractivity contribution in [3.63, 3.8) is 0 Å². The molecule has 2 rings (SSSR count). The summed E-state index contributed by atoms with van der Waals surface area (Å²) < 4.78 is 10.2. The van der Waals surface area contributed by atoms with E-state index in [0.717, 1.165) is 0 Å². The van der Waals surface area contributed by atoms with Crippen LogP contribution in [0.3, 0.4) is 0 Å². The fourth-order valence-electron chi connectivity index (χ4n) is 1.80. The number of hydrogen-bond acceptors (Lipinski definition) is 4. The van der Waals surface area contributed by atoms with Gasteiger partial charge in [0.15, 0.2) is 6.10 Å². The summed E-state index contributed by atoms with van der Waals surface area (Å²) in [5, 5.41) is 9.81. The van der Waals surface area contributed by atoms with Crippen LogP contribution >= 0.6 is 0 Å². The number of methoxy groups -OCH3 is 1. The Morgan fingerprint density at radius 1 is 1.10 bits per heavy atom. The van der Waals surface area contributed by atoms with Gasteiger partial charge < -0.3 is 14.6 Å². The molecule has 2 aromatic rings. The first-order valence-electron chi connectivity index (χ1n) is 6.40. The minimum absolute atomic E-state index is 0.264. The van der Waals surface area contributed by atoms with Gasteiger partial charge in [-0.15, -0.1) is 0 Å². The van der Waals surface area contributed by atoms with Crippen LogP contribution in [0.5, 0.6) is 11.5 Å². The van der Waals surface area contributed by atoms with E-state index < -0.39 is 12.1 Å². The summed E-state index contributed by atoms with van der Waals surface area (Å²) in [5.74, 6) is 0.556. The normalized spacial score (nSPS) is 11.5. The second kappa shape index (κ2) is 6.72. The van der Waals surface area contributed by atoms with Crippen molar-refractivity contribution in [3.05, 3.63) is 66.7 Å². The number of ether oxygens (including phenoxy) is 2. The quantitative estimate of drug-likeness (QED) is 0.857. The highest BCUT2D eigenvalue weighted by Gasteiger charge is 2.20. The smallest absolute Gasteiger partial charge is 0.339 e. The molecule has 0 aliphatic carbocycles. The molecule has 0 radical (unpaired) electrons. The number of aliphatic hydroxyl groups excluding tert-OH is 1. The van der Waals surface area contributed by atoms with Crippen LogP contribution < -0.4 is 4.74 Å². The number of benzene rings is 2. The average molecular weight is 284 g/mol. The Bertz CT molecular complexity index is 634. The lowest BCUT2D eigenvalue weighted by atomic mass is 10.0. The number of carbonyl (C=O) groups excluding carboxylic acids is 1. The van der Waals surface area contributed by atoms with Gasteiger partial charge >= 0.3 is 5.97 Å². The molecule has 1 N–H and O–H groups in total. The van der Waals surface area contributed by atoms with Crippen LogP contribution in [0, 0.1) is 0 Å². The average Bonchev–Trinajstić information content (AvgIpc) is 2.54. The first-order valence-corrected chi connectivity index (χ1v) is 6.40. The van der Waals surface area contributed by atoms with E-state index in [1.807, 2.05) is 30.3 Å². The molecular formula is C17H16O4. The monoisotopic (exact) mass is 284 g/mol. The summed E-state index contributed by atoms with van der Waals surface area (Å²) in [4.78, 5) is 11.3. The summed E-state index contributed by atoms with van der Waals surface area (Å²) in [6, 6.07) is 16.3. The van der Waals surface area contributed by atoms with Crippen molar-refractivity contribution in [1.82, 2.24) is 0 Å². The Kier molecular flexibility index (Phi) is 4.74. The minimum atomic E-state index is -1.39. The van der Waals surface area contributed by atoms with Crippen LogP contribution in [0.15, 0.2) is 61.2 Å². The summed E-state index contributed by atoms with van der Waals surface area (Å²) in [5.41, 5.74) is 0.877. The number of aliphatic hydroxyl groups is 1. The lowest BCUT2D eigenvalue weighted by Gasteiger charge is -2.13. The molecular weight excluding hydrogens is 268 g/mol. The third-order valence-electron chi connectivity index (χ3n) is 2.94. The fourth-order valence-corrected chi connectivity index (χ4v) is 1.80. The molecule has 0 amide bonds. The predicted molar refractivity (Wildman–Crippen MR) is 80.0 cm³/mol. The maximum Gasteiger partial charge on any atom is 0.339 e. The highest BCUT2D eigenvalue weighted by Crippen LogP contribution is 2.25. The van der Waals surface area contributed by atoms with Gasteiger partial charge in [-0.25, -0.2) is 4.79 Å². The number of para-hydroxylation sites is 1. The Balaban J connectivity index is 2.18. The van der Waals surface area contributed by atoms with Crippen LogP contribution in [-0.2, 0) is 9.53 Å². The molecule has 21 heavy (non-hydrogen) atoms. The molecule has 0 saturated heterocycles. The standard InChI is InChI=1S/C17H16O4/c1-12(16(18)17(19)20-2)13-7-6-10-15(11-13)21-14-8-4-3-5-9-14/h3-11,16,18H,1H2,2H3. The zero-order chi connectivity index (χ0) is 15.2. The van der Waals surface area contributed by atoms with Gasteiger partial charge in [0.05, 0.1) is 7.11 Å². The summed E-state index contributed by atoms with van der Waals surface area (Å²) in [6.45, 7) is 3.74. The Hall–Kier alpha value is -2.59. The van der Waals surface area contributed by atoms with Gasteiger partial charge in [-0.3, -0.25) is 0 Å². The fraction of sp³-hybridized carbons (Fsp3) is 0.118. The zero-order valence-electron chi connectivity index (χ0n) is 11.7. The Labute approximate surface area is 123 Å². The van der Waals surface area contributed by atoms with Crippen LogP contribution in [-0.4, -0.2) is 24.3 Å². The SMILES string of the molecule is C=C(c1cccc(Oc2ccccc2)c1)C(O)C(=O)OC. The van der Waals surface area contributed by atoms with E-state index in [1.165, 1.54) is 7.11 Å². The van der Waals surface area contributed by atoms with Crippen LogP contribution in [0.4, 0.5) is 0 Å². The Morgan fingerprint density at radius 2 is 1.76 bits per heavy atom. The number of rotatable bonds is 5. The molecule has 108 valence electrons. The molecule has 0 aliphatic rings. The third kappa shape index (κ3) is 3.70. The number of carbonyl (C=O) groups is 1. The van der Waals surface area contributed by atoms with Crippen molar-refractivity contribution < 1.29 is 19.4 Å². The number of esters is 1. The van der Waals surface area contributed by atoms with Gasteiger partial charge in [0, 0.05) is 0 Å². The summed E-state index contributed by atoms with van der Waals surface area (Å²) in [6.07, 6.45) is -1.39. The van der Waals surface area contributed by atoms with Crippen molar-refractivity contribution in [2.24, 2.45) is 0 Å². The molecule has 0 heterocycles. The molecule has 1 atom stereocenters. The van der Waals surface area contributed by atoms with E-state index in [1.54, 1.807) is 24.3 Å². The van der Waals surface area contributed by atoms with E-state index in [2.05, 4.69) is 11.3 Å². The van der Waals surface area contributed by atoms with Crippen molar-refractivity contribution in [1.29, 1.82) is 0 Å². The largest absolute Gasteiger partial charge is 0.467 e. The maximum atomic E-state index is 11.3. The van der Waals surface area contributed by atoms with E-state index in [-0.39, 0.29) is 5.57 Å². The summed E-state index contributed by atoms with van der Waals surface area (Å²) in [7, 11) is 1.22. The molecule has 4 nitrogen and oxygen atoms in total. The van der Waals surface area contributed by atoms with E-state index in [4.69, 9.17) is 4.74 Å². The maximum absolute atomic E-state index is 11.3. The Morgan fingerprint density at radius 3 is 2.43 bits per heavy atom. The highest BCUT2D eigenvalue weighted by molar-refractivity contribution is 5.90. The van der Waals surface area contributed by atoms with Crippen LogP contribution in [0.1, 0.15) is 5.56 Å². The highest BCUT2D eigenvalue weighted by atomic mass is 16.5. The molecule has 0 aliphatic heterocycles. The minimum Gasteiger partial charge on any atom is -0.467 e. The first kappa shape index (κ1) is 14.8. The van der Waals surface area contributed by atoms with Crippen LogP contribution in [0.25, 0.3) is 5.57 Å². The molecule has 4 heteroatoms. The first-order chi connectivity index (χ1) is 10.1. The molecule has 0 fully saturated rings. The molecule has 2 aromatic carbocycles. The molecule has 0 saturated carbocycles. The van der Waals surface area contributed by atoms with Crippen molar-refractivity contribution in [2.75, 3.05) is 7.11 Å². The van der Waals surface area contributed by atoms with Gasteiger partial charge in [-0.2, -0.15) is 0 Å². The molecule has 0 aromatic heterocycles. The van der Waals surface area contributed by atoms with Gasteiger partial charge in [0.2, 0.25) is 0 Å². The van der Waals surface area contributed by atoms with Gasteiger partial charge in [0.1, 0.15) is 11.5 Å². The molecule has 0 spiro atoms. The second-order valence-electron chi connectivity index (χ2n) is 4.39. The second-order valence-corrected chi connectivity index (χ2v) is 4.39. The van der Waals surface area contributed by atoms with E-state index in [0.29, 0.717) is 17.1 Å². The van der Waals surface area contributed by atoms with Crippen molar-refractivity contribution >= 4 is 11.5 Å². The van der Waals surface area contributed by atoms with Crippen LogP contribution in [0.2, 0.25) is 0 Å². The van der Waals surface area contributed by atoms with Crippen molar-refractivity contribution in [2.45, 2.75) is 6.10 Å². The summed E-state index contributed by atoms with van der Waals surface area (Å²) >= 11 is 0. The third-order valence-corrected chi connectivity index (χ3v) is 2.94. The molecule has 1 unspecified atom stereocenters. The van der Waals surface area contributed by atoms with E-state index in [9.17, 15) is 9.90 Å². The topological polar surface area (TPSA) is 55.8 Å².